The fourth-order valence-electron chi connectivity index (χ4n) is 1.15. The maximum Gasteiger partial charge on any atom is 0.0641 e. The van der Waals surface area contributed by atoms with Gasteiger partial charge in [-0.05, 0) is 12.1 Å². The van der Waals surface area contributed by atoms with Crippen LogP contribution in [0.15, 0.2) is 22.7 Å². The van der Waals surface area contributed by atoms with Crippen molar-refractivity contribution in [3.8, 4) is 6.07 Å². The lowest BCUT2D eigenvalue weighted by molar-refractivity contribution is 0.747. The van der Waals surface area contributed by atoms with E-state index in [1.807, 2.05) is 18.2 Å². The molecule has 4 heteroatoms. The smallest absolute Gasteiger partial charge is 0.0641 e. The first-order valence-electron chi connectivity index (χ1n) is 3.83. The fraction of sp³-hybridized carbons (Fsp3) is 0.222. The van der Waals surface area contributed by atoms with Crippen LogP contribution in [0.4, 0.5) is 5.69 Å². The Hall–Kier alpha value is -1.05. The third-order valence-corrected chi connectivity index (χ3v) is 2.46. The minimum Gasteiger partial charge on any atom is -0.398 e. The molecule has 13 heavy (non-hydrogen) atoms. The first kappa shape index (κ1) is 10.0. The van der Waals surface area contributed by atoms with Crippen molar-refractivity contribution in [2.75, 3.05) is 5.73 Å². The van der Waals surface area contributed by atoms with E-state index >= 15 is 0 Å². The molecule has 0 radical (unpaired) electrons. The Morgan fingerprint density at radius 2 is 2.23 bits per heavy atom. The van der Waals surface area contributed by atoms with Crippen LogP contribution in [0.2, 0.25) is 0 Å². The van der Waals surface area contributed by atoms with E-state index in [2.05, 4.69) is 15.9 Å². The van der Waals surface area contributed by atoms with Crippen LogP contribution >= 0.6 is 15.9 Å². The predicted octanol–water partition coefficient (Wildman–Crippen LogP) is 1.94. The van der Waals surface area contributed by atoms with Crippen LogP contribution in [0.5, 0.6) is 0 Å². The van der Waals surface area contributed by atoms with Crippen molar-refractivity contribution < 1.29 is 0 Å². The van der Waals surface area contributed by atoms with Crippen LogP contribution in [0.3, 0.4) is 0 Å². The van der Waals surface area contributed by atoms with Crippen LogP contribution in [0.1, 0.15) is 18.0 Å². The van der Waals surface area contributed by atoms with Gasteiger partial charge in [0.2, 0.25) is 0 Å². The summed E-state index contributed by atoms with van der Waals surface area (Å²) in [6.45, 7) is 0. The molecule has 1 aromatic carbocycles. The first-order valence-corrected chi connectivity index (χ1v) is 4.62. The lowest BCUT2D eigenvalue weighted by atomic mass is 10.0. The summed E-state index contributed by atoms with van der Waals surface area (Å²) in [5, 5.41) is 8.49. The maximum atomic E-state index is 8.49. The van der Waals surface area contributed by atoms with Gasteiger partial charge in [-0.25, -0.2) is 0 Å². The SMILES string of the molecule is N#CC[C@H](N)c1c(N)cccc1Br. The van der Waals surface area contributed by atoms with Gasteiger partial charge in [0.15, 0.2) is 0 Å². The molecule has 0 spiro atoms. The van der Waals surface area contributed by atoms with E-state index in [0.29, 0.717) is 5.69 Å². The molecule has 0 saturated carbocycles. The largest absolute Gasteiger partial charge is 0.398 e. The lowest BCUT2D eigenvalue weighted by Crippen LogP contribution is -2.12. The summed E-state index contributed by atoms with van der Waals surface area (Å²) in [5.74, 6) is 0. The van der Waals surface area contributed by atoms with Crippen molar-refractivity contribution in [2.24, 2.45) is 5.73 Å². The molecule has 0 aliphatic carbocycles. The zero-order valence-electron chi connectivity index (χ0n) is 7.00. The lowest BCUT2D eigenvalue weighted by Gasteiger charge is -2.12. The number of rotatable bonds is 2. The Balaban J connectivity index is 3.06. The molecule has 3 nitrogen and oxygen atoms in total. The van der Waals surface area contributed by atoms with E-state index in [4.69, 9.17) is 16.7 Å². The van der Waals surface area contributed by atoms with Crippen molar-refractivity contribution >= 4 is 21.6 Å². The summed E-state index contributed by atoms with van der Waals surface area (Å²) in [6, 6.07) is 7.17. The van der Waals surface area contributed by atoms with Gasteiger partial charge in [-0.15, -0.1) is 0 Å². The minimum absolute atomic E-state index is 0.271. The maximum absolute atomic E-state index is 8.49. The third kappa shape index (κ3) is 2.20. The second-order valence-electron chi connectivity index (χ2n) is 2.71. The summed E-state index contributed by atoms with van der Waals surface area (Å²) in [4.78, 5) is 0. The standard InChI is InChI=1S/C9H10BrN3/c10-6-2-1-3-7(12)9(6)8(13)4-5-11/h1-3,8H,4,12-13H2/t8-/m0/s1. The van der Waals surface area contributed by atoms with Gasteiger partial charge in [0.1, 0.15) is 0 Å². The molecular weight excluding hydrogens is 230 g/mol. The molecule has 4 N–H and O–H groups in total. The molecule has 1 atom stereocenters. The Bertz CT molecular complexity index is 323. The summed E-state index contributed by atoms with van der Waals surface area (Å²) >= 11 is 3.35. The van der Waals surface area contributed by atoms with E-state index < -0.39 is 0 Å². The Morgan fingerprint density at radius 3 is 2.77 bits per heavy atom. The van der Waals surface area contributed by atoms with E-state index in [1.165, 1.54) is 0 Å². The van der Waals surface area contributed by atoms with Gasteiger partial charge in [0.25, 0.3) is 0 Å². The number of nitrogens with zero attached hydrogens (tertiary/aromatic N) is 1. The van der Waals surface area contributed by atoms with E-state index in [-0.39, 0.29) is 12.5 Å². The Labute approximate surface area is 85.5 Å². The highest BCUT2D eigenvalue weighted by Crippen LogP contribution is 2.28. The molecule has 0 aliphatic heterocycles. The molecular formula is C9H10BrN3. The summed E-state index contributed by atoms with van der Waals surface area (Å²) in [6.07, 6.45) is 0.271. The van der Waals surface area contributed by atoms with Crippen LogP contribution in [0.25, 0.3) is 0 Å². The van der Waals surface area contributed by atoms with Crippen molar-refractivity contribution in [1.29, 1.82) is 5.26 Å². The number of anilines is 1. The summed E-state index contributed by atoms with van der Waals surface area (Å²) in [7, 11) is 0. The van der Waals surface area contributed by atoms with Crippen LogP contribution in [-0.4, -0.2) is 0 Å². The molecule has 1 rings (SSSR count). The second-order valence-corrected chi connectivity index (χ2v) is 3.57. The number of nitriles is 1. The number of nitrogen functional groups attached to an aromatic ring is 1. The molecule has 68 valence electrons. The van der Waals surface area contributed by atoms with Crippen molar-refractivity contribution in [1.82, 2.24) is 0 Å². The van der Waals surface area contributed by atoms with Gasteiger partial charge in [-0.2, -0.15) is 5.26 Å². The van der Waals surface area contributed by atoms with E-state index in [0.717, 1.165) is 10.0 Å². The van der Waals surface area contributed by atoms with Gasteiger partial charge in [0, 0.05) is 21.8 Å². The van der Waals surface area contributed by atoms with Crippen molar-refractivity contribution in [2.45, 2.75) is 12.5 Å². The number of hydrogen-bond donors (Lipinski definition) is 2. The van der Waals surface area contributed by atoms with Crippen molar-refractivity contribution in [3.05, 3.63) is 28.2 Å². The fourth-order valence-corrected chi connectivity index (χ4v) is 1.82. The molecule has 0 saturated heterocycles. The quantitative estimate of drug-likeness (QED) is 0.775. The van der Waals surface area contributed by atoms with Crippen LogP contribution in [-0.2, 0) is 0 Å². The van der Waals surface area contributed by atoms with Gasteiger partial charge < -0.3 is 11.5 Å². The van der Waals surface area contributed by atoms with Crippen LogP contribution < -0.4 is 11.5 Å². The average Bonchev–Trinajstić information content (AvgIpc) is 2.04. The Morgan fingerprint density at radius 1 is 1.54 bits per heavy atom. The van der Waals surface area contributed by atoms with E-state index in [1.54, 1.807) is 6.07 Å². The predicted molar refractivity (Wildman–Crippen MR) is 55.7 cm³/mol. The minimum atomic E-state index is -0.319. The first-order chi connectivity index (χ1) is 6.16. The zero-order chi connectivity index (χ0) is 9.84. The normalized spacial score (nSPS) is 12.1. The summed E-state index contributed by atoms with van der Waals surface area (Å²) < 4.78 is 0.857. The molecule has 0 aromatic heterocycles. The van der Waals surface area contributed by atoms with Gasteiger partial charge >= 0.3 is 0 Å². The number of nitrogens with two attached hydrogens (primary N) is 2. The van der Waals surface area contributed by atoms with Gasteiger partial charge in [0.05, 0.1) is 12.5 Å². The molecule has 0 amide bonds. The molecule has 0 unspecified atom stereocenters. The molecule has 0 aliphatic rings. The number of hydrogen-bond acceptors (Lipinski definition) is 3. The molecule has 0 bridgehead atoms. The zero-order valence-corrected chi connectivity index (χ0v) is 8.58. The Kier molecular flexibility index (Phi) is 3.29. The highest BCUT2D eigenvalue weighted by Gasteiger charge is 2.12. The molecule has 0 heterocycles. The third-order valence-electron chi connectivity index (χ3n) is 1.77. The van der Waals surface area contributed by atoms with Crippen LogP contribution in [0, 0.1) is 11.3 Å². The highest BCUT2D eigenvalue weighted by atomic mass is 79.9. The summed E-state index contributed by atoms with van der Waals surface area (Å²) in [5.41, 5.74) is 12.9. The van der Waals surface area contributed by atoms with E-state index in [9.17, 15) is 0 Å². The molecule has 0 fully saturated rings. The van der Waals surface area contributed by atoms with Crippen molar-refractivity contribution in [3.63, 3.8) is 0 Å². The van der Waals surface area contributed by atoms with Gasteiger partial charge in [-0.1, -0.05) is 22.0 Å². The average molecular weight is 240 g/mol. The highest BCUT2D eigenvalue weighted by molar-refractivity contribution is 9.10. The number of benzene rings is 1. The monoisotopic (exact) mass is 239 g/mol. The van der Waals surface area contributed by atoms with Gasteiger partial charge in [-0.3, -0.25) is 0 Å². The molecule has 1 aromatic rings. The number of halogens is 1. The topological polar surface area (TPSA) is 75.8 Å². The second kappa shape index (κ2) is 4.26.